The molecule has 0 saturated carbocycles. The van der Waals surface area contributed by atoms with Gasteiger partial charge < -0.3 is 23.9 Å². The molecule has 0 saturated heterocycles. The number of hydrogen-bond acceptors (Lipinski definition) is 6. The Bertz CT molecular complexity index is 1350. The Labute approximate surface area is 204 Å². The van der Waals surface area contributed by atoms with Gasteiger partial charge in [0, 0.05) is 16.5 Å². The van der Waals surface area contributed by atoms with Gasteiger partial charge in [-0.25, -0.2) is 4.99 Å². The molecule has 0 spiro atoms. The van der Waals surface area contributed by atoms with Crippen LogP contribution in [0.3, 0.4) is 0 Å². The molecule has 182 valence electrons. The van der Waals surface area contributed by atoms with Gasteiger partial charge in [-0.3, -0.25) is 4.57 Å². The summed E-state index contributed by atoms with van der Waals surface area (Å²) in [6.07, 6.45) is 0. The van der Waals surface area contributed by atoms with Crippen molar-refractivity contribution >= 4 is 35.2 Å². The van der Waals surface area contributed by atoms with Crippen LogP contribution in [0.15, 0.2) is 77.8 Å². The molecule has 0 atom stereocenters. The van der Waals surface area contributed by atoms with Crippen LogP contribution in [0.1, 0.15) is 31.9 Å². The molecule has 0 aliphatic carbocycles. The van der Waals surface area contributed by atoms with E-state index >= 15 is 0 Å². The van der Waals surface area contributed by atoms with Gasteiger partial charge in [-0.15, -0.1) is 0 Å². The number of rotatable bonds is 10. The number of hydrogen-bond donors (Lipinski definition) is 2. The fraction of sp³-hybridized carbons (Fsp3) is 0.222. The molecule has 0 fully saturated rings. The Morgan fingerprint density at radius 1 is 0.914 bits per heavy atom. The van der Waals surface area contributed by atoms with Gasteiger partial charge >= 0.3 is 7.60 Å². The van der Waals surface area contributed by atoms with E-state index in [1.807, 2.05) is 61.5 Å². The predicted octanol–water partition coefficient (Wildman–Crippen LogP) is 6.33. The van der Waals surface area contributed by atoms with Crippen molar-refractivity contribution in [1.82, 2.24) is 4.98 Å². The van der Waals surface area contributed by atoms with Crippen molar-refractivity contribution in [2.24, 2.45) is 4.99 Å². The highest BCUT2D eigenvalue weighted by atomic mass is 31.2. The zero-order valence-corrected chi connectivity index (χ0v) is 20.9. The highest BCUT2D eigenvalue weighted by molar-refractivity contribution is 7.62. The summed E-state index contributed by atoms with van der Waals surface area (Å²) in [5, 5.41) is 12.0. The van der Waals surface area contributed by atoms with Gasteiger partial charge in [0.25, 0.3) is 0 Å². The Hall–Kier alpha value is -3.38. The minimum absolute atomic E-state index is 0.0339. The number of benzene rings is 3. The molecular weight excluding hydrogens is 463 g/mol. The number of aromatic amines is 1. The number of nitrogens with zero attached hydrogens (tertiary/aromatic N) is 1. The lowest BCUT2D eigenvalue weighted by atomic mass is 10.0. The van der Waals surface area contributed by atoms with Crippen LogP contribution >= 0.6 is 7.60 Å². The standard InChI is InChI=1S/C27H29N2O5P/c1-4-32-21-14-12-20(13-15-21)28-26(19-10-8-7-9-11-19)25-23-18-22(16-17-24(23)29-27(25)30)35(31,33-5-2)34-6-3/h7-18,29-30H,4-6H2,1-3H3. The first-order valence-electron chi connectivity index (χ1n) is 11.6. The second-order valence-corrected chi connectivity index (χ2v) is 9.69. The number of fused-ring (bicyclic) bond motifs is 1. The number of nitrogens with one attached hydrogen (secondary N) is 1. The van der Waals surface area contributed by atoms with Crippen LogP contribution in [0.25, 0.3) is 10.9 Å². The minimum Gasteiger partial charge on any atom is -0.494 e. The summed E-state index contributed by atoms with van der Waals surface area (Å²) in [7, 11) is -3.52. The van der Waals surface area contributed by atoms with E-state index in [9.17, 15) is 9.67 Å². The third-order valence-corrected chi connectivity index (χ3v) is 7.46. The maximum absolute atomic E-state index is 13.4. The van der Waals surface area contributed by atoms with Gasteiger partial charge in [-0.2, -0.15) is 0 Å². The summed E-state index contributed by atoms with van der Waals surface area (Å²) in [5.41, 5.74) is 3.27. The van der Waals surface area contributed by atoms with Crippen molar-refractivity contribution in [3.05, 3.63) is 83.9 Å². The number of aliphatic imine (C=N–C) groups is 1. The van der Waals surface area contributed by atoms with E-state index in [-0.39, 0.29) is 19.1 Å². The third kappa shape index (κ3) is 5.33. The first-order chi connectivity index (χ1) is 17.0. The molecule has 0 unspecified atom stereocenters. The smallest absolute Gasteiger partial charge is 0.361 e. The lowest BCUT2D eigenvalue weighted by Gasteiger charge is -2.17. The van der Waals surface area contributed by atoms with Crippen molar-refractivity contribution in [1.29, 1.82) is 0 Å². The molecule has 0 bridgehead atoms. The molecule has 8 heteroatoms. The molecule has 0 radical (unpaired) electrons. The Kier molecular flexibility index (Phi) is 7.71. The second kappa shape index (κ2) is 10.9. The van der Waals surface area contributed by atoms with E-state index in [1.165, 1.54) is 0 Å². The maximum atomic E-state index is 13.4. The van der Waals surface area contributed by atoms with E-state index in [4.69, 9.17) is 18.8 Å². The van der Waals surface area contributed by atoms with Crippen LogP contribution in [0.2, 0.25) is 0 Å². The predicted molar refractivity (Wildman–Crippen MR) is 140 cm³/mol. The number of aromatic hydroxyl groups is 1. The Morgan fingerprint density at radius 3 is 2.23 bits per heavy atom. The average molecular weight is 493 g/mol. The molecule has 0 amide bonds. The SMILES string of the molecule is CCOc1ccc(N=C(c2ccccc2)c2c(O)[nH]c3ccc(P(=O)(OCC)OCC)cc23)cc1. The van der Waals surface area contributed by atoms with Crippen molar-refractivity contribution in [2.75, 3.05) is 19.8 Å². The van der Waals surface area contributed by atoms with Crippen molar-refractivity contribution < 1.29 is 23.5 Å². The van der Waals surface area contributed by atoms with Gasteiger partial charge in [-0.1, -0.05) is 30.3 Å². The minimum atomic E-state index is -3.52. The van der Waals surface area contributed by atoms with Gasteiger partial charge in [0.15, 0.2) is 5.88 Å². The molecule has 0 aliphatic heterocycles. The normalized spacial score (nSPS) is 12.3. The van der Waals surface area contributed by atoms with Crippen LogP contribution < -0.4 is 10.0 Å². The summed E-state index contributed by atoms with van der Waals surface area (Å²) in [4.78, 5) is 7.91. The highest BCUT2D eigenvalue weighted by Crippen LogP contribution is 2.47. The topological polar surface area (TPSA) is 93.1 Å². The molecule has 1 aromatic heterocycles. The van der Waals surface area contributed by atoms with E-state index in [1.54, 1.807) is 32.0 Å². The summed E-state index contributed by atoms with van der Waals surface area (Å²) >= 11 is 0. The Morgan fingerprint density at radius 2 is 1.60 bits per heavy atom. The quantitative estimate of drug-likeness (QED) is 0.199. The lowest BCUT2D eigenvalue weighted by Crippen LogP contribution is -2.11. The first-order valence-corrected chi connectivity index (χ1v) is 13.1. The first kappa shape index (κ1) is 24.7. The van der Waals surface area contributed by atoms with Crippen molar-refractivity contribution in [3.63, 3.8) is 0 Å². The highest BCUT2D eigenvalue weighted by Gasteiger charge is 2.28. The number of aromatic nitrogens is 1. The van der Waals surface area contributed by atoms with E-state index < -0.39 is 7.60 Å². The summed E-state index contributed by atoms with van der Waals surface area (Å²) in [6.45, 7) is 6.55. The van der Waals surface area contributed by atoms with Crippen LogP contribution in [0.4, 0.5) is 5.69 Å². The van der Waals surface area contributed by atoms with Crippen LogP contribution in [0, 0.1) is 0 Å². The molecular formula is C27H29N2O5P. The van der Waals surface area contributed by atoms with Gasteiger partial charge in [0.1, 0.15) is 5.75 Å². The van der Waals surface area contributed by atoms with Gasteiger partial charge in [0.05, 0.1) is 42.1 Å². The Balaban J connectivity index is 1.91. The van der Waals surface area contributed by atoms with Gasteiger partial charge in [-0.05, 0) is 63.2 Å². The number of ether oxygens (including phenoxy) is 1. The fourth-order valence-electron chi connectivity index (χ4n) is 3.88. The van der Waals surface area contributed by atoms with Crippen molar-refractivity contribution in [3.8, 4) is 11.6 Å². The second-order valence-electron chi connectivity index (χ2n) is 7.66. The van der Waals surface area contributed by atoms with Crippen LogP contribution in [-0.4, -0.2) is 35.6 Å². The molecule has 7 nitrogen and oxygen atoms in total. The average Bonchev–Trinajstić information content (AvgIpc) is 3.19. The monoisotopic (exact) mass is 492 g/mol. The zero-order valence-electron chi connectivity index (χ0n) is 20.0. The molecule has 3 aromatic carbocycles. The third-order valence-electron chi connectivity index (χ3n) is 5.35. The molecule has 35 heavy (non-hydrogen) atoms. The van der Waals surface area contributed by atoms with Crippen LogP contribution in [-0.2, 0) is 13.6 Å². The molecule has 0 aliphatic rings. The van der Waals surface area contributed by atoms with Gasteiger partial charge in [0.2, 0.25) is 0 Å². The summed E-state index contributed by atoms with van der Waals surface area (Å²) in [5.74, 6) is 0.725. The van der Waals surface area contributed by atoms with Crippen molar-refractivity contribution in [2.45, 2.75) is 20.8 Å². The molecule has 4 rings (SSSR count). The van der Waals surface area contributed by atoms with Crippen LogP contribution in [0.5, 0.6) is 11.6 Å². The molecule has 2 N–H and O–H groups in total. The zero-order chi connectivity index (χ0) is 24.8. The fourth-order valence-corrected chi connectivity index (χ4v) is 5.47. The number of H-pyrrole nitrogens is 1. The molecule has 1 heterocycles. The largest absolute Gasteiger partial charge is 0.494 e. The van der Waals surface area contributed by atoms with E-state index in [2.05, 4.69) is 4.98 Å². The molecule has 4 aromatic rings. The van der Waals surface area contributed by atoms with E-state index in [0.717, 1.165) is 11.3 Å². The van der Waals surface area contributed by atoms with E-state index in [0.29, 0.717) is 39.8 Å². The summed E-state index contributed by atoms with van der Waals surface area (Å²) < 4.78 is 30.1. The summed E-state index contributed by atoms with van der Waals surface area (Å²) in [6, 6.07) is 22.3. The maximum Gasteiger partial charge on any atom is 0.361 e. The lowest BCUT2D eigenvalue weighted by molar-refractivity contribution is 0.230.